The van der Waals surface area contributed by atoms with Crippen LogP contribution in [0, 0.1) is 5.92 Å². The highest BCUT2D eigenvalue weighted by Gasteiger charge is 2.39. The van der Waals surface area contributed by atoms with Gasteiger partial charge in [0.05, 0.1) is 22.0 Å². The van der Waals surface area contributed by atoms with Gasteiger partial charge in [-0.2, -0.15) is 18.3 Å². The summed E-state index contributed by atoms with van der Waals surface area (Å²) in [4.78, 5) is 30.9. The molecule has 0 saturated heterocycles. The van der Waals surface area contributed by atoms with Crippen molar-refractivity contribution in [1.29, 1.82) is 0 Å². The molecule has 0 aliphatic heterocycles. The van der Waals surface area contributed by atoms with Gasteiger partial charge in [0.15, 0.2) is 5.69 Å². The van der Waals surface area contributed by atoms with Crippen molar-refractivity contribution in [1.82, 2.24) is 25.4 Å². The topological polar surface area (TPSA) is 88.9 Å². The van der Waals surface area contributed by atoms with Gasteiger partial charge in [-0.15, -0.1) is 11.3 Å². The van der Waals surface area contributed by atoms with Crippen molar-refractivity contribution in [3.8, 4) is 5.69 Å². The van der Waals surface area contributed by atoms with Crippen molar-refractivity contribution in [3.63, 3.8) is 0 Å². The van der Waals surface area contributed by atoms with E-state index in [2.05, 4.69) is 34.6 Å². The van der Waals surface area contributed by atoms with Gasteiger partial charge in [0.2, 0.25) is 5.91 Å². The average molecular weight is 506 g/mol. The number of alkyl halides is 3. The lowest BCUT2D eigenvalue weighted by Crippen LogP contribution is -2.39. The van der Waals surface area contributed by atoms with Crippen LogP contribution in [-0.2, 0) is 23.8 Å². The molecule has 0 spiro atoms. The number of halogens is 3. The number of carbonyl (C=O) groups is 2. The number of para-hydroxylation sites is 1. The minimum atomic E-state index is -4.78. The maximum atomic E-state index is 13.5. The number of nitrogens with zero attached hydrogens (tertiary/aromatic N) is 3. The molecule has 0 bridgehead atoms. The molecule has 7 nitrogen and oxygen atoms in total. The second-order valence-corrected chi connectivity index (χ2v) is 9.85. The summed E-state index contributed by atoms with van der Waals surface area (Å²) in [6.07, 6.45) is -1.65. The van der Waals surface area contributed by atoms with Crippen molar-refractivity contribution >= 4 is 23.2 Å². The first-order chi connectivity index (χ1) is 16.6. The van der Waals surface area contributed by atoms with Crippen LogP contribution in [0.3, 0.4) is 0 Å². The van der Waals surface area contributed by atoms with Crippen molar-refractivity contribution in [2.45, 2.75) is 45.2 Å². The molecule has 3 aromatic rings. The Labute approximate surface area is 204 Å². The molecule has 2 amide bonds. The number of hydrogen-bond donors (Lipinski definition) is 2. The summed E-state index contributed by atoms with van der Waals surface area (Å²) >= 11 is 1.65. The largest absolute Gasteiger partial charge is 0.435 e. The summed E-state index contributed by atoms with van der Waals surface area (Å²) in [6, 6.07) is 8.24. The number of amides is 2. The zero-order chi connectivity index (χ0) is 25.2. The van der Waals surface area contributed by atoms with Gasteiger partial charge >= 0.3 is 6.18 Å². The molecule has 0 fully saturated rings. The van der Waals surface area contributed by atoms with Crippen molar-refractivity contribution in [2.75, 3.05) is 13.1 Å². The van der Waals surface area contributed by atoms with E-state index in [0.29, 0.717) is 24.4 Å². The number of benzene rings is 1. The van der Waals surface area contributed by atoms with E-state index in [0.717, 1.165) is 32.9 Å². The fourth-order valence-corrected chi connectivity index (χ4v) is 5.12. The van der Waals surface area contributed by atoms with E-state index < -0.39 is 23.3 Å². The van der Waals surface area contributed by atoms with Crippen LogP contribution in [0.4, 0.5) is 13.2 Å². The van der Waals surface area contributed by atoms with E-state index in [1.54, 1.807) is 41.7 Å². The van der Waals surface area contributed by atoms with Crippen LogP contribution < -0.4 is 10.6 Å². The highest BCUT2D eigenvalue weighted by Crippen LogP contribution is 2.33. The summed E-state index contributed by atoms with van der Waals surface area (Å²) in [5, 5.41) is 9.89. The van der Waals surface area contributed by atoms with Gasteiger partial charge in [-0.3, -0.25) is 9.59 Å². The molecular weight excluding hydrogens is 479 g/mol. The molecule has 2 heterocycles. The Morgan fingerprint density at radius 3 is 2.57 bits per heavy atom. The molecule has 11 heteroatoms. The molecule has 2 N–H and O–H groups in total. The molecule has 1 aromatic carbocycles. The third-order valence-corrected chi connectivity index (χ3v) is 7.20. The second kappa shape index (κ2) is 10.2. The van der Waals surface area contributed by atoms with Gasteiger partial charge < -0.3 is 10.6 Å². The second-order valence-electron chi connectivity index (χ2n) is 8.73. The predicted molar refractivity (Wildman–Crippen MR) is 126 cm³/mol. The van der Waals surface area contributed by atoms with E-state index >= 15 is 0 Å². The molecule has 0 saturated carbocycles. The number of fused-ring (bicyclic) bond motifs is 1. The van der Waals surface area contributed by atoms with E-state index in [9.17, 15) is 22.8 Å². The average Bonchev–Trinajstić information content (AvgIpc) is 3.47. The lowest BCUT2D eigenvalue weighted by atomic mass is 9.90. The van der Waals surface area contributed by atoms with E-state index in [1.165, 1.54) is 0 Å². The minimum absolute atomic E-state index is 0.00554. The van der Waals surface area contributed by atoms with Crippen LogP contribution in [0.5, 0.6) is 0 Å². The Balaban J connectivity index is 1.32. The number of nitrogens with one attached hydrogen (secondary N) is 2. The molecule has 0 radical (unpaired) electrons. The van der Waals surface area contributed by atoms with Gasteiger partial charge in [-0.05, 0) is 31.4 Å². The van der Waals surface area contributed by atoms with Crippen molar-refractivity contribution in [3.05, 3.63) is 63.4 Å². The van der Waals surface area contributed by atoms with Gasteiger partial charge in [0, 0.05) is 36.0 Å². The molecule has 1 aliphatic carbocycles. The number of hydrogen-bond acceptors (Lipinski definition) is 5. The summed E-state index contributed by atoms with van der Waals surface area (Å²) in [5.41, 5.74) is -0.349. The maximum Gasteiger partial charge on any atom is 0.435 e. The first-order valence-electron chi connectivity index (χ1n) is 11.4. The highest BCUT2D eigenvalue weighted by atomic mass is 32.1. The zero-order valence-electron chi connectivity index (χ0n) is 19.4. The lowest BCUT2D eigenvalue weighted by molar-refractivity contribution is -0.141. The van der Waals surface area contributed by atoms with E-state index in [1.807, 2.05) is 0 Å². The Morgan fingerprint density at radius 2 is 1.89 bits per heavy atom. The van der Waals surface area contributed by atoms with Crippen LogP contribution in [-0.4, -0.2) is 39.7 Å². The Kier molecular flexibility index (Phi) is 7.25. The van der Waals surface area contributed by atoms with E-state index in [4.69, 9.17) is 0 Å². The number of rotatable bonds is 7. The Morgan fingerprint density at radius 1 is 1.17 bits per heavy atom. The smallest absolute Gasteiger partial charge is 0.354 e. The highest BCUT2D eigenvalue weighted by molar-refractivity contribution is 7.11. The normalized spacial score (nSPS) is 15.7. The molecule has 1 atom stereocenters. The van der Waals surface area contributed by atoms with Gasteiger partial charge in [0.1, 0.15) is 0 Å². The first-order valence-corrected chi connectivity index (χ1v) is 12.2. The fraction of sp³-hybridized carbons (Fsp3) is 0.417. The number of aromatic nitrogens is 3. The zero-order valence-corrected chi connectivity index (χ0v) is 20.2. The molecule has 35 heavy (non-hydrogen) atoms. The monoisotopic (exact) mass is 505 g/mol. The van der Waals surface area contributed by atoms with Gasteiger partial charge in [0.25, 0.3) is 5.91 Å². The summed E-state index contributed by atoms with van der Waals surface area (Å²) in [5.74, 6) is -0.863. The van der Waals surface area contributed by atoms with Crippen LogP contribution in [0.25, 0.3) is 5.69 Å². The van der Waals surface area contributed by atoms with Crippen LogP contribution >= 0.6 is 11.3 Å². The number of carbonyl (C=O) groups excluding carboxylic acids is 2. The predicted octanol–water partition coefficient (Wildman–Crippen LogP) is 4.12. The van der Waals surface area contributed by atoms with Crippen molar-refractivity contribution in [2.24, 2.45) is 5.92 Å². The molecule has 1 unspecified atom stereocenters. The summed E-state index contributed by atoms with van der Waals surface area (Å²) in [7, 11) is 0. The third kappa shape index (κ3) is 5.72. The number of aryl methyl sites for hydroxylation is 1. The lowest BCUT2D eigenvalue weighted by Gasteiger charge is -2.20. The maximum absolute atomic E-state index is 13.5. The summed E-state index contributed by atoms with van der Waals surface area (Å²) < 4.78 is 41.4. The SMILES string of the molecule is CC(C)c1nc2c(s1)CC(C(=O)NCCNC(=O)c1cn(-c3ccccc3)nc1C(F)(F)F)CC2. The van der Waals surface area contributed by atoms with Crippen molar-refractivity contribution < 1.29 is 22.8 Å². The molecule has 186 valence electrons. The first kappa shape index (κ1) is 24.9. The summed E-state index contributed by atoms with van der Waals surface area (Å²) in [6.45, 7) is 4.29. The van der Waals surface area contributed by atoms with Crippen LogP contribution in [0.2, 0.25) is 0 Å². The Hall–Kier alpha value is -3.21. The van der Waals surface area contributed by atoms with Crippen LogP contribution in [0.15, 0.2) is 36.5 Å². The fourth-order valence-electron chi connectivity index (χ4n) is 3.93. The number of thiazole rings is 1. The van der Waals surface area contributed by atoms with Gasteiger partial charge in [-0.25, -0.2) is 9.67 Å². The minimum Gasteiger partial charge on any atom is -0.354 e. The molecule has 4 rings (SSSR count). The third-order valence-electron chi connectivity index (χ3n) is 5.78. The van der Waals surface area contributed by atoms with Gasteiger partial charge in [-0.1, -0.05) is 32.0 Å². The quantitative estimate of drug-likeness (QED) is 0.473. The molecular formula is C24H26F3N5O2S. The Bertz CT molecular complexity index is 1200. The molecule has 2 aromatic heterocycles. The van der Waals surface area contributed by atoms with Crippen LogP contribution in [0.1, 0.15) is 57.8 Å². The molecule has 1 aliphatic rings. The van der Waals surface area contributed by atoms with E-state index in [-0.39, 0.29) is 24.9 Å². The standard InChI is InChI=1S/C24H26F3N5O2S/c1-14(2)23-30-18-9-8-15(12-19(18)35-23)21(33)28-10-11-29-22(34)17-13-32(16-6-4-3-5-7-16)31-20(17)24(25,26)27/h3-7,13-15H,8-12H2,1-2H3,(H,28,33)(H,29,34).